The van der Waals surface area contributed by atoms with E-state index in [2.05, 4.69) is 11.3 Å². The number of benzene rings is 1. The quantitative estimate of drug-likeness (QED) is 0.352. The molecule has 0 unspecified atom stereocenters. The van der Waals surface area contributed by atoms with Crippen LogP contribution in [0.4, 0.5) is 13.2 Å². The number of halogens is 3. The van der Waals surface area contributed by atoms with E-state index in [9.17, 15) is 18.0 Å². The van der Waals surface area contributed by atoms with Gasteiger partial charge >= 0.3 is 12.3 Å². The average molecular weight is 425 g/mol. The predicted molar refractivity (Wildman–Crippen MR) is 109 cm³/mol. The fourth-order valence-electron chi connectivity index (χ4n) is 5.01. The monoisotopic (exact) mass is 424 g/mol. The smallest absolute Gasteiger partial charge is 0.462 e. The summed E-state index contributed by atoms with van der Waals surface area (Å²) in [7, 11) is 0. The molecular formula is C24H31F3O3. The van der Waals surface area contributed by atoms with Crippen LogP contribution in [-0.4, -0.2) is 18.4 Å². The molecule has 0 radical (unpaired) electrons. The Morgan fingerprint density at radius 1 is 0.967 bits per heavy atom. The van der Waals surface area contributed by atoms with Crippen molar-refractivity contribution in [2.24, 2.45) is 11.8 Å². The standard InChI is InChI=1S/C24H31F3O3/c1-2-3-4-23(28)29-21-13-9-19(10-14-21)17-5-7-18(8-6-17)20-11-15-22(16-12-20)30-24(25,26)27/h2,11-12,15-19,21H,1,3-10,13-14H2/t17-,18-,19?,21?. The van der Waals surface area contributed by atoms with E-state index >= 15 is 0 Å². The molecule has 3 nitrogen and oxygen atoms in total. The van der Waals surface area contributed by atoms with Crippen LogP contribution in [0.2, 0.25) is 0 Å². The predicted octanol–water partition coefficient (Wildman–Crippen LogP) is 6.93. The molecule has 2 aliphatic rings. The Bertz CT molecular complexity index is 683. The van der Waals surface area contributed by atoms with E-state index in [4.69, 9.17) is 4.74 Å². The van der Waals surface area contributed by atoms with Gasteiger partial charge in [-0.15, -0.1) is 19.8 Å². The third-order valence-electron chi connectivity index (χ3n) is 6.59. The molecule has 6 heteroatoms. The molecule has 3 rings (SSSR count). The lowest BCUT2D eigenvalue weighted by molar-refractivity contribution is -0.274. The van der Waals surface area contributed by atoms with E-state index in [-0.39, 0.29) is 17.8 Å². The van der Waals surface area contributed by atoms with Crippen molar-refractivity contribution in [3.05, 3.63) is 42.5 Å². The molecule has 0 atom stereocenters. The van der Waals surface area contributed by atoms with Gasteiger partial charge in [-0.2, -0.15) is 0 Å². The molecule has 2 saturated carbocycles. The largest absolute Gasteiger partial charge is 0.573 e. The summed E-state index contributed by atoms with van der Waals surface area (Å²) >= 11 is 0. The van der Waals surface area contributed by atoms with Crippen LogP contribution in [0.25, 0.3) is 0 Å². The lowest BCUT2D eigenvalue weighted by Crippen LogP contribution is -2.29. The van der Waals surface area contributed by atoms with Gasteiger partial charge < -0.3 is 9.47 Å². The minimum absolute atomic E-state index is 0.0623. The fraction of sp³-hybridized carbons (Fsp3) is 0.625. The zero-order valence-electron chi connectivity index (χ0n) is 17.3. The molecule has 0 aliphatic heterocycles. The molecule has 0 saturated heterocycles. The van der Waals surface area contributed by atoms with Crippen LogP contribution >= 0.6 is 0 Å². The number of allylic oxidation sites excluding steroid dienone is 1. The summed E-state index contributed by atoms with van der Waals surface area (Å²) in [6, 6.07) is 6.34. The maximum absolute atomic E-state index is 12.3. The van der Waals surface area contributed by atoms with Crippen molar-refractivity contribution in [1.29, 1.82) is 0 Å². The zero-order chi connectivity index (χ0) is 21.6. The van der Waals surface area contributed by atoms with Crippen LogP contribution < -0.4 is 4.74 Å². The second-order valence-electron chi connectivity index (χ2n) is 8.58. The maximum Gasteiger partial charge on any atom is 0.573 e. The van der Waals surface area contributed by atoms with Gasteiger partial charge in [-0.05, 0) is 93.2 Å². The third kappa shape index (κ3) is 6.78. The highest BCUT2D eigenvalue weighted by Crippen LogP contribution is 2.43. The summed E-state index contributed by atoms with van der Waals surface area (Å²) < 4.78 is 46.4. The molecule has 0 heterocycles. The maximum atomic E-state index is 12.3. The summed E-state index contributed by atoms with van der Waals surface area (Å²) in [5.74, 6) is 1.51. The molecular weight excluding hydrogens is 393 g/mol. The highest BCUT2D eigenvalue weighted by atomic mass is 19.4. The molecule has 1 aromatic carbocycles. The molecule has 0 aromatic heterocycles. The Morgan fingerprint density at radius 2 is 1.53 bits per heavy atom. The SMILES string of the molecule is C=CCCC(=O)OC1CCC([C@H]2CC[C@H](c3ccc(OC(F)(F)F)cc3)CC2)CC1. The molecule has 0 N–H and O–H groups in total. The molecule has 0 bridgehead atoms. The van der Waals surface area contributed by atoms with Gasteiger partial charge in [0.25, 0.3) is 0 Å². The Hall–Kier alpha value is -1.98. The van der Waals surface area contributed by atoms with Crippen molar-refractivity contribution in [3.8, 4) is 5.75 Å². The lowest BCUT2D eigenvalue weighted by Gasteiger charge is -2.37. The third-order valence-corrected chi connectivity index (χ3v) is 6.59. The van der Waals surface area contributed by atoms with Gasteiger partial charge in [0.1, 0.15) is 11.9 Å². The van der Waals surface area contributed by atoms with Gasteiger partial charge in [-0.3, -0.25) is 4.79 Å². The number of carbonyl (C=O) groups excluding carboxylic acids is 1. The van der Waals surface area contributed by atoms with Crippen molar-refractivity contribution in [3.63, 3.8) is 0 Å². The molecule has 0 spiro atoms. The van der Waals surface area contributed by atoms with E-state index in [1.165, 1.54) is 12.1 Å². The van der Waals surface area contributed by atoms with E-state index in [0.717, 1.165) is 56.9 Å². The summed E-state index contributed by atoms with van der Waals surface area (Å²) in [6.07, 6.45) is 6.79. The van der Waals surface area contributed by atoms with Crippen LogP contribution in [0.15, 0.2) is 36.9 Å². The number of alkyl halides is 3. The minimum Gasteiger partial charge on any atom is -0.462 e. The normalized spacial score (nSPS) is 27.3. The Morgan fingerprint density at radius 3 is 2.07 bits per heavy atom. The average Bonchev–Trinajstić information content (AvgIpc) is 2.72. The van der Waals surface area contributed by atoms with E-state index < -0.39 is 6.36 Å². The number of carbonyl (C=O) groups is 1. The number of esters is 1. The van der Waals surface area contributed by atoms with Gasteiger partial charge in [0.05, 0.1) is 0 Å². The van der Waals surface area contributed by atoms with Crippen molar-refractivity contribution in [1.82, 2.24) is 0 Å². The lowest BCUT2D eigenvalue weighted by atomic mass is 9.69. The van der Waals surface area contributed by atoms with Gasteiger partial charge in [0, 0.05) is 6.42 Å². The van der Waals surface area contributed by atoms with Crippen molar-refractivity contribution in [2.75, 3.05) is 0 Å². The van der Waals surface area contributed by atoms with Crippen LogP contribution in [-0.2, 0) is 9.53 Å². The molecule has 166 valence electrons. The Labute approximate surface area is 176 Å². The van der Waals surface area contributed by atoms with Crippen molar-refractivity contribution < 1.29 is 27.4 Å². The van der Waals surface area contributed by atoms with Crippen molar-refractivity contribution >= 4 is 5.97 Å². The van der Waals surface area contributed by atoms with Crippen LogP contribution in [0.5, 0.6) is 5.75 Å². The minimum atomic E-state index is -4.65. The molecule has 2 fully saturated rings. The van der Waals surface area contributed by atoms with Gasteiger partial charge in [-0.25, -0.2) is 0 Å². The Balaban J connectivity index is 1.41. The summed E-state index contributed by atoms with van der Waals surface area (Å²) in [5.41, 5.74) is 1.10. The molecule has 2 aliphatic carbocycles. The number of hydrogen-bond acceptors (Lipinski definition) is 3. The highest BCUT2D eigenvalue weighted by Gasteiger charge is 2.33. The number of ether oxygens (including phenoxy) is 2. The first kappa shape index (κ1) is 22.7. The number of rotatable bonds is 7. The Kier molecular flexibility index (Phi) is 7.84. The highest BCUT2D eigenvalue weighted by molar-refractivity contribution is 5.69. The van der Waals surface area contributed by atoms with Crippen LogP contribution in [0.3, 0.4) is 0 Å². The van der Waals surface area contributed by atoms with Crippen LogP contribution in [0, 0.1) is 11.8 Å². The van der Waals surface area contributed by atoms with Crippen molar-refractivity contribution in [2.45, 2.75) is 82.6 Å². The van der Waals surface area contributed by atoms with Crippen LogP contribution in [0.1, 0.15) is 75.7 Å². The first-order valence-corrected chi connectivity index (χ1v) is 11.0. The van der Waals surface area contributed by atoms with Gasteiger partial charge in [-0.1, -0.05) is 18.2 Å². The molecule has 0 amide bonds. The van der Waals surface area contributed by atoms with E-state index in [1.807, 2.05) is 0 Å². The first-order chi connectivity index (χ1) is 14.3. The zero-order valence-corrected chi connectivity index (χ0v) is 17.3. The summed E-state index contributed by atoms with van der Waals surface area (Å²) in [6.45, 7) is 3.63. The van der Waals surface area contributed by atoms with E-state index in [0.29, 0.717) is 30.6 Å². The topological polar surface area (TPSA) is 35.5 Å². The van der Waals surface area contributed by atoms with E-state index in [1.54, 1.807) is 18.2 Å². The van der Waals surface area contributed by atoms with Gasteiger partial charge in [0.2, 0.25) is 0 Å². The second kappa shape index (κ2) is 10.4. The summed E-state index contributed by atoms with van der Waals surface area (Å²) in [4.78, 5) is 11.8. The molecule has 30 heavy (non-hydrogen) atoms. The fourth-order valence-corrected chi connectivity index (χ4v) is 5.01. The second-order valence-corrected chi connectivity index (χ2v) is 8.58. The summed E-state index contributed by atoms with van der Waals surface area (Å²) in [5, 5.41) is 0. The van der Waals surface area contributed by atoms with Gasteiger partial charge in [0.15, 0.2) is 0 Å². The number of hydrogen-bond donors (Lipinski definition) is 0. The first-order valence-electron chi connectivity index (χ1n) is 11.0. The molecule has 1 aromatic rings.